The van der Waals surface area contributed by atoms with Crippen LogP contribution in [0.4, 0.5) is 0 Å². The smallest absolute Gasteiger partial charge is 0.344 e. The Labute approximate surface area is 199 Å². The van der Waals surface area contributed by atoms with Crippen molar-refractivity contribution in [3.63, 3.8) is 0 Å². The van der Waals surface area contributed by atoms with Crippen LogP contribution in [0.3, 0.4) is 0 Å². The minimum Gasteiger partial charge on any atom is -0.490 e. The summed E-state index contributed by atoms with van der Waals surface area (Å²) in [5.74, 6) is 0.202. The second kappa shape index (κ2) is 13.0. The number of amides is 1. The number of ether oxygens (including phenoxy) is 3. The number of aromatic nitrogens is 2. The molecule has 0 unspecified atom stereocenters. The fourth-order valence-corrected chi connectivity index (χ4v) is 3.63. The van der Waals surface area contributed by atoms with Crippen LogP contribution in [0.2, 0.25) is 0 Å². The number of rotatable bonds is 11. The minimum absolute atomic E-state index is 0.131. The lowest BCUT2D eigenvalue weighted by Gasteiger charge is -2.13. The van der Waals surface area contributed by atoms with Crippen molar-refractivity contribution in [3.05, 3.63) is 39.6 Å². The Morgan fingerprint density at radius 3 is 2.44 bits per heavy atom. The third-order valence-electron chi connectivity index (χ3n) is 3.70. The Morgan fingerprint density at radius 2 is 1.78 bits per heavy atom. The first-order valence-corrected chi connectivity index (χ1v) is 11.6. The third-order valence-corrected chi connectivity index (χ3v) is 5.23. The van der Waals surface area contributed by atoms with Crippen LogP contribution in [-0.4, -0.2) is 53.6 Å². The Morgan fingerprint density at radius 1 is 1.09 bits per heavy atom. The van der Waals surface area contributed by atoms with Gasteiger partial charge in [-0.25, -0.2) is 20.2 Å². The van der Waals surface area contributed by atoms with Crippen molar-refractivity contribution in [2.24, 2.45) is 5.10 Å². The number of carbonyl (C=O) groups excluding carboxylic acids is 2. The molecule has 0 saturated carbocycles. The van der Waals surface area contributed by atoms with Crippen LogP contribution in [0, 0.1) is 13.8 Å². The molecule has 2 rings (SSSR count). The normalized spacial score (nSPS) is 10.8. The van der Waals surface area contributed by atoms with Gasteiger partial charge in [0.2, 0.25) is 0 Å². The molecule has 1 aromatic carbocycles. The van der Waals surface area contributed by atoms with Gasteiger partial charge in [0.15, 0.2) is 23.3 Å². The van der Waals surface area contributed by atoms with Gasteiger partial charge in [0, 0.05) is 21.4 Å². The standard InChI is InChI=1S/C21H25BrN4O5S/c1-5-29-17-8-15(16(22)9-18(17)31-11-20(28)30-6-2)10-23-26-19(27)12-32-21-24-13(3)7-14(4)25-21/h7-10H,5-6,11-12H2,1-4H3,(H,26,27)/b23-10-. The van der Waals surface area contributed by atoms with Gasteiger partial charge in [-0.05, 0) is 61.8 Å². The summed E-state index contributed by atoms with van der Waals surface area (Å²) in [5.41, 5.74) is 4.83. The van der Waals surface area contributed by atoms with Crippen molar-refractivity contribution in [1.82, 2.24) is 15.4 Å². The number of hydrogen-bond donors (Lipinski definition) is 1. The van der Waals surface area contributed by atoms with Gasteiger partial charge in [-0.15, -0.1) is 0 Å². The van der Waals surface area contributed by atoms with Crippen LogP contribution in [-0.2, 0) is 14.3 Å². The summed E-state index contributed by atoms with van der Waals surface area (Å²) in [6.07, 6.45) is 1.48. The van der Waals surface area contributed by atoms with E-state index in [9.17, 15) is 9.59 Å². The van der Waals surface area contributed by atoms with Crippen LogP contribution < -0.4 is 14.9 Å². The van der Waals surface area contributed by atoms with Gasteiger partial charge in [-0.1, -0.05) is 11.8 Å². The molecule has 172 valence electrons. The van der Waals surface area contributed by atoms with Gasteiger partial charge >= 0.3 is 5.97 Å². The number of esters is 1. The number of hydrazone groups is 1. The summed E-state index contributed by atoms with van der Waals surface area (Å²) < 4.78 is 16.6. The lowest BCUT2D eigenvalue weighted by Crippen LogP contribution is -2.20. The van der Waals surface area contributed by atoms with E-state index in [1.165, 1.54) is 18.0 Å². The molecule has 1 amide bonds. The molecule has 0 atom stereocenters. The van der Waals surface area contributed by atoms with Crippen molar-refractivity contribution >= 4 is 45.8 Å². The van der Waals surface area contributed by atoms with E-state index in [0.29, 0.717) is 33.3 Å². The first-order valence-electron chi connectivity index (χ1n) is 9.84. The maximum absolute atomic E-state index is 12.1. The lowest BCUT2D eigenvalue weighted by molar-refractivity contribution is -0.145. The molecule has 0 aliphatic carbocycles. The van der Waals surface area contributed by atoms with Crippen molar-refractivity contribution in [2.45, 2.75) is 32.9 Å². The van der Waals surface area contributed by atoms with E-state index in [0.717, 1.165) is 11.4 Å². The number of benzene rings is 1. The summed E-state index contributed by atoms with van der Waals surface area (Å²) in [6.45, 7) is 7.77. The maximum atomic E-state index is 12.1. The number of hydrogen-bond acceptors (Lipinski definition) is 9. The van der Waals surface area contributed by atoms with Crippen LogP contribution in [0.15, 0.2) is 32.9 Å². The molecule has 0 spiro atoms. The lowest BCUT2D eigenvalue weighted by atomic mass is 10.2. The summed E-state index contributed by atoms with van der Waals surface area (Å²) in [5, 5.41) is 4.55. The van der Waals surface area contributed by atoms with E-state index in [1.807, 2.05) is 26.8 Å². The summed E-state index contributed by atoms with van der Waals surface area (Å²) in [4.78, 5) is 32.2. The number of thioether (sulfide) groups is 1. The summed E-state index contributed by atoms with van der Waals surface area (Å²) in [6, 6.07) is 5.23. The van der Waals surface area contributed by atoms with Gasteiger partial charge in [-0.3, -0.25) is 4.79 Å². The highest BCUT2D eigenvalue weighted by Crippen LogP contribution is 2.33. The summed E-state index contributed by atoms with van der Waals surface area (Å²) in [7, 11) is 0. The first-order chi connectivity index (χ1) is 15.3. The zero-order valence-electron chi connectivity index (χ0n) is 18.3. The Balaban J connectivity index is 1.98. The zero-order chi connectivity index (χ0) is 23.5. The molecule has 9 nitrogen and oxygen atoms in total. The second-order valence-electron chi connectivity index (χ2n) is 6.36. The van der Waals surface area contributed by atoms with Crippen molar-refractivity contribution < 1.29 is 23.8 Å². The fraction of sp³-hybridized carbons (Fsp3) is 0.381. The van der Waals surface area contributed by atoms with E-state index in [1.54, 1.807) is 19.1 Å². The average molecular weight is 525 g/mol. The number of halogens is 1. The van der Waals surface area contributed by atoms with Crippen LogP contribution in [0.5, 0.6) is 11.5 Å². The molecule has 0 aliphatic rings. The van der Waals surface area contributed by atoms with Crippen molar-refractivity contribution in [3.8, 4) is 11.5 Å². The first kappa shape index (κ1) is 25.6. The minimum atomic E-state index is -0.469. The zero-order valence-corrected chi connectivity index (χ0v) is 20.7. The van der Waals surface area contributed by atoms with Crippen molar-refractivity contribution in [1.29, 1.82) is 0 Å². The predicted octanol–water partition coefficient (Wildman–Crippen LogP) is 3.44. The van der Waals surface area contributed by atoms with E-state index < -0.39 is 5.97 Å². The van der Waals surface area contributed by atoms with Gasteiger partial charge in [-0.2, -0.15) is 5.10 Å². The quantitative estimate of drug-likeness (QED) is 0.156. The molecule has 0 saturated heterocycles. The van der Waals surface area contributed by atoms with E-state index in [2.05, 4.69) is 36.4 Å². The van der Waals surface area contributed by atoms with Crippen LogP contribution in [0.1, 0.15) is 30.8 Å². The molecule has 11 heteroatoms. The maximum Gasteiger partial charge on any atom is 0.344 e. The Bertz CT molecular complexity index is 967. The predicted molar refractivity (Wildman–Crippen MR) is 125 cm³/mol. The number of nitrogens with one attached hydrogen (secondary N) is 1. The molecule has 1 N–H and O–H groups in total. The molecule has 1 aromatic heterocycles. The second-order valence-corrected chi connectivity index (χ2v) is 8.16. The van der Waals surface area contributed by atoms with Crippen molar-refractivity contribution in [2.75, 3.05) is 25.6 Å². The Hall–Kier alpha value is -2.66. The largest absolute Gasteiger partial charge is 0.490 e. The average Bonchev–Trinajstić information content (AvgIpc) is 2.73. The highest BCUT2D eigenvalue weighted by Gasteiger charge is 2.13. The molecule has 2 aromatic rings. The molecular formula is C21H25BrN4O5S. The van der Waals surface area contributed by atoms with Crippen LogP contribution in [0.25, 0.3) is 0 Å². The molecule has 1 heterocycles. The Kier molecular flexibility index (Phi) is 10.4. The van der Waals surface area contributed by atoms with Gasteiger partial charge in [0.1, 0.15) is 0 Å². The molecular weight excluding hydrogens is 500 g/mol. The van der Waals surface area contributed by atoms with Gasteiger partial charge < -0.3 is 14.2 Å². The van der Waals surface area contributed by atoms with Gasteiger partial charge in [0.25, 0.3) is 5.91 Å². The van der Waals surface area contributed by atoms with E-state index in [4.69, 9.17) is 14.2 Å². The van der Waals surface area contributed by atoms with E-state index >= 15 is 0 Å². The number of carbonyl (C=O) groups is 2. The van der Waals surface area contributed by atoms with E-state index in [-0.39, 0.29) is 24.9 Å². The molecule has 0 bridgehead atoms. The topological polar surface area (TPSA) is 112 Å². The molecule has 0 radical (unpaired) electrons. The highest BCUT2D eigenvalue weighted by atomic mass is 79.9. The monoisotopic (exact) mass is 524 g/mol. The van der Waals surface area contributed by atoms with Crippen LogP contribution >= 0.6 is 27.7 Å². The molecule has 0 aliphatic heterocycles. The van der Waals surface area contributed by atoms with Gasteiger partial charge in [0.05, 0.1) is 25.2 Å². The molecule has 0 fully saturated rings. The third kappa shape index (κ3) is 8.46. The number of nitrogens with zero attached hydrogens (tertiary/aromatic N) is 3. The highest BCUT2D eigenvalue weighted by molar-refractivity contribution is 9.10. The fourth-order valence-electron chi connectivity index (χ4n) is 2.46. The summed E-state index contributed by atoms with van der Waals surface area (Å²) >= 11 is 4.67. The number of aryl methyl sites for hydroxylation is 2. The molecule has 32 heavy (non-hydrogen) atoms. The SMILES string of the molecule is CCOC(=O)COc1cc(Br)c(/C=N\NC(=O)CSc2nc(C)cc(C)n2)cc1OCC.